The van der Waals surface area contributed by atoms with Gasteiger partial charge in [0, 0.05) is 5.02 Å². The van der Waals surface area contributed by atoms with E-state index in [0.29, 0.717) is 33.5 Å². The molecule has 0 radical (unpaired) electrons. The van der Waals surface area contributed by atoms with Crippen molar-refractivity contribution in [2.24, 2.45) is 0 Å². The maximum atomic E-state index is 12.9. The molecule has 0 aromatic heterocycles. The third-order valence-corrected chi connectivity index (χ3v) is 5.25. The second-order valence-corrected chi connectivity index (χ2v) is 7.58. The highest BCUT2D eigenvalue weighted by molar-refractivity contribution is 6.31. The lowest BCUT2D eigenvalue weighted by Crippen LogP contribution is -2.35. The van der Waals surface area contributed by atoms with Gasteiger partial charge in [0.05, 0.1) is 19.9 Å². The minimum absolute atomic E-state index is 0.00204. The van der Waals surface area contributed by atoms with E-state index in [-0.39, 0.29) is 12.2 Å². The summed E-state index contributed by atoms with van der Waals surface area (Å²) in [7, 11) is 3.01. The van der Waals surface area contributed by atoms with Gasteiger partial charge in [-0.15, -0.1) is 0 Å². The van der Waals surface area contributed by atoms with Crippen molar-refractivity contribution in [2.45, 2.75) is 6.61 Å². The fourth-order valence-corrected chi connectivity index (χ4v) is 3.47. The number of carbonyl (C=O) groups is 2. The molecule has 3 aromatic rings. The fourth-order valence-electron chi connectivity index (χ4n) is 3.34. The number of hydrogen-bond acceptors (Lipinski definition) is 5. The largest absolute Gasteiger partial charge is 0.493 e. The molecule has 0 atom stereocenters. The van der Waals surface area contributed by atoms with Crippen LogP contribution in [0.1, 0.15) is 11.1 Å². The van der Waals surface area contributed by atoms with Crippen molar-refractivity contribution in [2.75, 3.05) is 19.2 Å². The lowest BCUT2D eigenvalue weighted by atomic mass is 10.1. The van der Waals surface area contributed by atoms with Crippen LogP contribution in [0.3, 0.4) is 0 Å². The van der Waals surface area contributed by atoms with Crippen LogP contribution in [0, 0.1) is 0 Å². The predicted octanol–water partition coefficient (Wildman–Crippen LogP) is 4.40. The molecule has 1 saturated heterocycles. The normalized spacial score (nSPS) is 14.4. The zero-order valence-corrected chi connectivity index (χ0v) is 18.8. The van der Waals surface area contributed by atoms with Crippen LogP contribution in [-0.2, 0) is 16.2 Å². The Kier molecular flexibility index (Phi) is 6.51. The first-order chi connectivity index (χ1) is 16.0. The Balaban J connectivity index is 1.62. The van der Waals surface area contributed by atoms with E-state index in [0.717, 1.165) is 5.56 Å². The second-order valence-electron chi connectivity index (χ2n) is 7.14. The van der Waals surface area contributed by atoms with Crippen molar-refractivity contribution < 1.29 is 23.8 Å². The van der Waals surface area contributed by atoms with Gasteiger partial charge in [0.1, 0.15) is 12.2 Å². The number of methoxy groups -OCH3 is 2. The zero-order chi connectivity index (χ0) is 23.4. The summed E-state index contributed by atoms with van der Waals surface area (Å²) in [5, 5.41) is 1.86. The molecule has 0 bridgehead atoms. The zero-order valence-electron chi connectivity index (χ0n) is 18.0. The standard InChI is InChI=1S/C25H21ClN2O5/c1-31-21-13-17(12-20-24(29)27-28(25(20)30)19-6-4-3-5-7-19)14-22(32-2)23(21)33-15-16-8-10-18(26)11-9-16/h3-14H,15H2,1-2H3,(H,27,29)/b20-12-. The minimum atomic E-state index is -0.496. The summed E-state index contributed by atoms with van der Waals surface area (Å²) in [5.41, 5.74) is 4.62. The van der Waals surface area contributed by atoms with Crippen LogP contribution in [0.4, 0.5) is 5.69 Å². The molecule has 33 heavy (non-hydrogen) atoms. The van der Waals surface area contributed by atoms with Crippen molar-refractivity contribution >= 4 is 35.2 Å². The quantitative estimate of drug-likeness (QED) is 0.414. The lowest BCUT2D eigenvalue weighted by Gasteiger charge is -2.15. The number of carbonyl (C=O) groups excluding carboxylic acids is 2. The highest BCUT2D eigenvalue weighted by Crippen LogP contribution is 2.40. The van der Waals surface area contributed by atoms with E-state index in [9.17, 15) is 9.59 Å². The average molecular weight is 465 g/mol. The number of ether oxygens (including phenoxy) is 3. The fraction of sp³-hybridized carbons (Fsp3) is 0.120. The number of hydrazine groups is 1. The molecule has 8 heteroatoms. The van der Waals surface area contributed by atoms with E-state index in [1.54, 1.807) is 48.5 Å². The van der Waals surface area contributed by atoms with Gasteiger partial charge in [-0.2, -0.15) is 0 Å². The topological polar surface area (TPSA) is 77.1 Å². The molecule has 0 unspecified atom stereocenters. The Bertz CT molecular complexity index is 1180. The second kappa shape index (κ2) is 9.67. The maximum Gasteiger partial charge on any atom is 0.282 e. The molecule has 7 nitrogen and oxygen atoms in total. The molecule has 1 fully saturated rings. The monoisotopic (exact) mass is 464 g/mol. The van der Waals surface area contributed by atoms with Crippen LogP contribution in [0.5, 0.6) is 17.2 Å². The molecule has 168 valence electrons. The number of para-hydroxylation sites is 1. The van der Waals surface area contributed by atoms with Gasteiger partial charge in [-0.05, 0) is 53.6 Å². The molecule has 0 spiro atoms. The van der Waals surface area contributed by atoms with E-state index in [4.69, 9.17) is 25.8 Å². The summed E-state index contributed by atoms with van der Waals surface area (Å²) in [6, 6.07) is 19.5. The number of halogens is 1. The van der Waals surface area contributed by atoms with Gasteiger partial charge in [-0.1, -0.05) is 41.9 Å². The smallest absolute Gasteiger partial charge is 0.282 e. The third-order valence-electron chi connectivity index (χ3n) is 5.00. The number of nitrogens with one attached hydrogen (secondary N) is 1. The number of nitrogens with zero attached hydrogens (tertiary/aromatic N) is 1. The molecule has 1 aliphatic heterocycles. The summed E-state index contributed by atoms with van der Waals surface area (Å²) in [6.45, 7) is 0.275. The first kappa shape index (κ1) is 22.2. The van der Waals surface area contributed by atoms with Crippen LogP contribution in [0.2, 0.25) is 5.02 Å². The summed E-state index contributed by atoms with van der Waals surface area (Å²) in [5.74, 6) is 0.268. The van der Waals surface area contributed by atoms with Crippen molar-refractivity contribution in [3.05, 3.63) is 88.5 Å². The molecule has 2 amide bonds. The van der Waals surface area contributed by atoms with Crippen LogP contribution in [0.15, 0.2) is 72.3 Å². The molecular weight excluding hydrogens is 444 g/mol. The Morgan fingerprint density at radius 3 is 2.18 bits per heavy atom. The molecule has 1 N–H and O–H groups in total. The summed E-state index contributed by atoms with van der Waals surface area (Å²) < 4.78 is 16.9. The van der Waals surface area contributed by atoms with Crippen LogP contribution < -0.4 is 24.6 Å². The molecule has 3 aromatic carbocycles. The van der Waals surface area contributed by atoms with E-state index in [1.165, 1.54) is 25.3 Å². The van der Waals surface area contributed by atoms with Gasteiger partial charge in [0.2, 0.25) is 5.75 Å². The number of anilines is 1. The van der Waals surface area contributed by atoms with Crippen molar-refractivity contribution in [1.82, 2.24) is 5.43 Å². The Morgan fingerprint density at radius 1 is 0.939 bits per heavy atom. The van der Waals surface area contributed by atoms with Crippen molar-refractivity contribution in [3.8, 4) is 17.2 Å². The van der Waals surface area contributed by atoms with E-state index < -0.39 is 11.8 Å². The molecule has 0 aliphatic carbocycles. The highest BCUT2D eigenvalue weighted by atomic mass is 35.5. The van der Waals surface area contributed by atoms with Crippen molar-refractivity contribution in [1.29, 1.82) is 0 Å². The van der Waals surface area contributed by atoms with Gasteiger partial charge < -0.3 is 14.2 Å². The third kappa shape index (κ3) is 4.78. The van der Waals surface area contributed by atoms with E-state index >= 15 is 0 Å². The first-order valence-corrected chi connectivity index (χ1v) is 10.4. The van der Waals surface area contributed by atoms with Gasteiger partial charge in [0.15, 0.2) is 11.5 Å². The van der Waals surface area contributed by atoms with E-state index in [2.05, 4.69) is 5.43 Å². The van der Waals surface area contributed by atoms with Gasteiger partial charge in [-0.3, -0.25) is 15.0 Å². The SMILES string of the molecule is COc1cc(/C=C2/C(=O)NN(c3ccccc3)C2=O)cc(OC)c1OCc1ccc(Cl)cc1. The lowest BCUT2D eigenvalue weighted by molar-refractivity contribution is -0.117. The van der Waals surface area contributed by atoms with Gasteiger partial charge in [0.25, 0.3) is 11.8 Å². The highest BCUT2D eigenvalue weighted by Gasteiger charge is 2.34. The summed E-state index contributed by atoms with van der Waals surface area (Å²) in [6.07, 6.45) is 1.49. The van der Waals surface area contributed by atoms with E-state index in [1.807, 2.05) is 18.2 Å². The summed E-state index contributed by atoms with van der Waals surface area (Å²) >= 11 is 5.93. The number of amides is 2. The Labute approximate surface area is 196 Å². The Morgan fingerprint density at radius 2 is 1.58 bits per heavy atom. The molecule has 0 saturated carbocycles. The van der Waals surface area contributed by atoms with Crippen LogP contribution in [0.25, 0.3) is 6.08 Å². The Hall–Kier alpha value is -3.97. The number of rotatable bonds is 7. The molecule has 4 rings (SSSR count). The average Bonchev–Trinajstić information content (AvgIpc) is 3.12. The number of hydrogen-bond donors (Lipinski definition) is 1. The minimum Gasteiger partial charge on any atom is -0.493 e. The first-order valence-electron chi connectivity index (χ1n) is 10.1. The van der Waals surface area contributed by atoms with Gasteiger partial charge in [-0.25, -0.2) is 5.01 Å². The summed E-state index contributed by atoms with van der Waals surface area (Å²) in [4.78, 5) is 25.4. The van der Waals surface area contributed by atoms with Gasteiger partial charge >= 0.3 is 0 Å². The predicted molar refractivity (Wildman–Crippen MR) is 125 cm³/mol. The molecule has 1 aliphatic rings. The van der Waals surface area contributed by atoms with Crippen LogP contribution >= 0.6 is 11.6 Å². The molecule has 1 heterocycles. The van der Waals surface area contributed by atoms with Crippen LogP contribution in [-0.4, -0.2) is 26.0 Å². The molecular formula is C25H21ClN2O5. The van der Waals surface area contributed by atoms with Crippen molar-refractivity contribution in [3.63, 3.8) is 0 Å². The maximum absolute atomic E-state index is 12.9. The number of benzene rings is 3.